The van der Waals surface area contributed by atoms with Crippen LogP contribution >= 0.6 is 0 Å². The average molecular weight is 269 g/mol. The van der Waals surface area contributed by atoms with Crippen LogP contribution in [0.25, 0.3) is 0 Å². The maximum Gasteiger partial charge on any atom is 0.126 e. The monoisotopic (exact) mass is 269 g/mol. The van der Waals surface area contributed by atoms with E-state index < -0.39 is 0 Å². The van der Waals surface area contributed by atoms with Gasteiger partial charge in [0.2, 0.25) is 0 Å². The first-order valence-corrected chi connectivity index (χ1v) is 7.29. The third-order valence-electron chi connectivity index (χ3n) is 4.13. The second-order valence-electron chi connectivity index (χ2n) is 5.82. The van der Waals surface area contributed by atoms with Gasteiger partial charge < -0.3 is 5.32 Å². The molecule has 2 aromatic carbocycles. The SMILES string of the molecule is CC(C)c1ccc(NC2CCc3c(F)cccc32)cc1. The van der Waals surface area contributed by atoms with E-state index in [2.05, 4.69) is 43.4 Å². The first kappa shape index (κ1) is 13.2. The molecule has 0 fully saturated rings. The summed E-state index contributed by atoms with van der Waals surface area (Å²) in [5.41, 5.74) is 4.44. The van der Waals surface area contributed by atoms with Crippen LogP contribution in [-0.4, -0.2) is 0 Å². The number of anilines is 1. The number of rotatable bonds is 3. The van der Waals surface area contributed by atoms with Gasteiger partial charge in [0.25, 0.3) is 0 Å². The molecule has 1 unspecified atom stereocenters. The van der Waals surface area contributed by atoms with Crippen molar-refractivity contribution in [2.24, 2.45) is 0 Å². The summed E-state index contributed by atoms with van der Waals surface area (Å²) in [5.74, 6) is 0.479. The van der Waals surface area contributed by atoms with Crippen molar-refractivity contribution in [3.05, 3.63) is 65.0 Å². The highest BCUT2D eigenvalue weighted by atomic mass is 19.1. The Labute approximate surface area is 119 Å². The molecule has 1 N–H and O–H groups in total. The molecule has 20 heavy (non-hydrogen) atoms. The van der Waals surface area contributed by atoms with Gasteiger partial charge in [0.15, 0.2) is 0 Å². The number of nitrogens with one attached hydrogen (secondary N) is 1. The number of fused-ring (bicyclic) bond motifs is 1. The second-order valence-corrected chi connectivity index (χ2v) is 5.82. The summed E-state index contributed by atoms with van der Waals surface area (Å²) in [6.07, 6.45) is 1.78. The molecular weight excluding hydrogens is 249 g/mol. The first-order valence-electron chi connectivity index (χ1n) is 7.29. The van der Waals surface area contributed by atoms with Crippen LogP contribution < -0.4 is 5.32 Å². The van der Waals surface area contributed by atoms with Crippen molar-refractivity contribution in [1.82, 2.24) is 0 Å². The van der Waals surface area contributed by atoms with Crippen LogP contribution in [0.1, 0.15) is 48.9 Å². The van der Waals surface area contributed by atoms with Gasteiger partial charge in [0.1, 0.15) is 5.82 Å². The van der Waals surface area contributed by atoms with Crippen molar-refractivity contribution in [3.63, 3.8) is 0 Å². The summed E-state index contributed by atoms with van der Waals surface area (Å²) >= 11 is 0. The molecule has 0 heterocycles. The normalized spacial score (nSPS) is 17.3. The standard InChI is InChI=1S/C18H20FN/c1-12(2)13-6-8-14(9-7-13)20-18-11-10-15-16(18)4-3-5-17(15)19/h3-9,12,18,20H,10-11H2,1-2H3. The van der Waals surface area contributed by atoms with E-state index in [1.165, 1.54) is 5.56 Å². The smallest absolute Gasteiger partial charge is 0.126 e. The van der Waals surface area contributed by atoms with Gasteiger partial charge in [0, 0.05) is 5.69 Å². The molecule has 0 spiro atoms. The quantitative estimate of drug-likeness (QED) is 0.822. The summed E-state index contributed by atoms with van der Waals surface area (Å²) in [7, 11) is 0. The van der Waals surface area contributed by atoms with Crippen molar-refractivity contribution < 1.29 is 4.39 Å². The van der Waals surface area contributed by atoms with Crippen LogP contribution in [0.5, 0.6) is 0 Å². The molecule has 0 saturated heterocycles. The van der Waals surface area contributed by atoms with Crippen LogP contribution in [0.4, 0.5) is 10.1 Å². The summed E-state index contributed by atoms with van der Waals surface area (Å²) in [6.45, 7) is 4.39. The molecule has 0 aromatic heterocycles. The lowest BCUT2D eigenvalue weighted by Crippen LogP contribution is -2.07. The zero-order valence-corrected chi connectivity index (χ0v) is 12.0. The van der Waals surface area contributed by atoms with Crippen LogP contribution in [0, 0.1) is 5.82 Å². The Morgan fingerprint density at radius 3 is 2.55 bits per heavy atom. The predicted molar refractivity (Wildman–Crippen MR) is 81.6 cm³/mol. The lowest BCUT2D eigenvalue weighted by molar-refractivity contribution is 0.612. The molecule has 1 nitrogen and oxygen atoms in total. The zero-order valence-electron chi connectivity index (χ0n) is 12.0. The number of hydrogen-bond acceptors (Lipinski definition) is 1. The highest BCUT2D eigenvalue weighted by Crippen LogP contribution is 2.35. The van der Waals surface area contributed by atoms with Gasteiger partial charge in [-0.05, 0) is 53.6 Å². The molecule has 3 rings (SSSR count). The Kier molecular flexibility index (Phi) is 3.47. The van der Waals surface area contributed by atoms with E-state index in [-0.39, 0.29) is 11.9 Å². The maximum atomic E-state index is 13.7. The van der Waals surface area contributed by atoms with Crippen molar-refractivity contribution in [1.29, 1.82) is 0 Å². The summed E-state index contributed by atoms with van der Waals surface area (Å²) < 4.78 is 13.7. The molecule has 0 bridgehead atoms. The highest BCUT2D eigenvalue weighted by Gasteiger charge is 2.24. The molecular formula is C18H20FN. The van der Waals surface area contributed by atoms with Gasteiger partial charge in [-0.3, -0.25) is 0 Å². The molecule has 0 aliphatic heterocycles. The average Bonchev–Trinajstić information content (AvgIpc) is 2.84. The van der Waals surface area contributed by atoms with E-state index in [1.807, 2.05) is 6.07 Å². The molecule has 2 aromatic rings. The van der Waals surface area contributed by atoms with E-state index in [9.17, 15) is 4.39 Å². The molecule has 1 aliphatic rings. The van der Waals surface area contributed by atoms with E-state index in [1.54, 1.807) is 12.1 Å². The molecule has 2 heteroatoms. The highest BCUT2D eigenvalue weighted by molar-refractivity contribution is 5.49. The van der Waals surface area contributed by atoms with E-state index in [0.29, 0.717) is 5.92 Å². The van der Waals surface area contributed by atoms with Crippen molar-refractivity contribution in [3.8, 4) is 0 Å². The van der Waals surface area contributed by atoms with Gasteiger partial charge in [-0.15, -0.1) is 0 Å². The predicted octanol–water partition coefficient (Wildman–Crippen LogP) is 5.05. The molecule has 0 radical (unpaired) electrons. The number of hydrogen-bond donors (Lipinski definition) is 1. The summed E-state index contributed by atoms with van der Waals surface area (Å²) in [6, 6.07) is 14.2. The fraction of sp³-hybridized carbons (Fsp3) is 0.333. The molecule has 1 aliphatic carbocycles. The first-order chi connectivity index (χ1) is 9.65. The van der Waals surface area contributed by atoms with Crippen molar-refractivity contribution in [2.45, 2.75) is 38.6 Å². The van der Waals surface area contributed by atoms with Crippen LogP contribution in [0.3, 0.4) is 0 Å². The Morgan fingerprint density at radius 2 is 1.85 bits per heavy atom. The Bertz CT molecular complexity index is 601. The van der Waals surface area contributed by atoms with Crippen molar-refractivity contribution in [2.75, 3.05) is 5.32 Å². The largest absolute Gasteiger partial charge is 0.378 e. The third-order valence-corrected chi connectivity index (χ3v) is 4.13. The molecule has 104 valence electrons. The maximum absolute atomic E-state index is 13.7. The molecule has 0 saturated carbocycles. The number of benzene rings is 2. The topological polar surface area (TPSA) is 12.0 Å². The van der Waals surface area contributed by atoms with E-state index in [0.717, 1.165) is 29.7 Å². The minimum absolute atomic E-state index is 0.0676. The Balaban J connectivity index is 1.79. The lowest BCUT2D eigenvalue weighted by Gasteiger charge is -2.16. The second kappa shape index (κ2) is 5.28. The van der Waals surface area contributed by atoms with Crippen LogP contribution in [0.2, 0.25) is 0 Å². The van der Waals surface area contributed by atoms with Crippen molar-refractivity contribution >= 4 is 5.69 Å². The molecule has 1 atom stereocenters. The lowest BCUT2D eigenvalue weighted by atomic mass is 10.0. The van der Waals surface area contributed by atoms with E-state index >= 15 is 0 Å². The minimum Gasteiger partial charge on any atom is -0.378 e. The molecule has 0 amide bonds. The van der Waals surface area contributed by atoms with Gasteiger partial charge >= 0.3 is 0 Å². The summed E-state index contributed by atoms with van der Waals surface area (Å²) in [4.78, 5) is 0. The van der Waals surface area contributed by atoms with Gasteiger partial charge in [-0.25, -0.2) is 4.39 Å². The van der Waals surface area contributed by atoms with Crippen LogP contribution in [0.15, 0.2) is 42.5 Å². The van der Waals surface area contributed by atoms with Gasteiger partial charge in [-0.1, -0.05) is 38.1 Å². The van der Waals surface area contributed by atoms with Gasteiger partial charge in [0.05, 0.1) is 6.04 Å². The fourth-order valence-electron chi connectivity index (χ4n) is 2.93. The fourth-order valence-corrected chi connectivity index (χ4v) is 2.93. The van der Waals surface area contributed by atoms with E-state index in [4.69, 9.17) is 0 Å². The Morgan fingerprint density at radius 1 is 1.10 bits per heavy atom. The Hall–Kier alpha value is -1.83. The number of halogens is 1. The van der Waals surface area contributed by atoms with Crippen LogP contribution in [-0.2, 0) is 6.42 Å². The summed E-state index contributed by atoms with van der Waals surface area (Å²) in [5, 5.41) is 3.52. The zero-order chi connectivity index (χ0) is 14.1. The van der Waals surface area contributed by atoms with Gasteiger partial charge in [-0.2, -0.15) is 0 Å². The minimum atomic E-state index is -0.0676. The third kappa shape index (κ3) is 2.43.